The van der Waals surface area contributed by atoms with Gasteiger partial charge in [-0.3, -0.25) is 0 Å². The van der Waals surface area contributed by atoms with Gasteiger partial charge in [0.15, 0.2) is 0 Å². The second kappa shape index (κ2) is 8.47. The lowest BCUT2D eigenvalue weighted by Gasteiger charge is -2.56. The van der Waals surface area contributed by atoms with Gasteiger partial charge in [-0.1, -0.05) is 38.0 Å². The summed E-state index contributed by atoms with van der Waals surface area (Å²) in [4.78, 5) is 5.78. The number of fused-ring (bicyclic) bond motifs is 9. The molecule has 3 heteroatoms. The summed E-state index contributed by atoms with van der Waals surface area (Å²) < 4.78 is 0. The average molecular weight is 591 g/mol. The number of hydrogen-bond acceptors (Lipinski definition) is 2. The van der Waals surface area contributed by atoms with Crippen molar-refractivity contribution in [3.8, 4) is 11.1 Å². The molecule has 0 N–H and O–H groups in total. The lowest BCUT2D eigenvalue weighted by Crippen LogP contribution is -2.71. The molecule has 45 heavy (non-hydrogen) atoms. The molecule has 2 atom stereocenters. The first-order chi connectivity index (χ1) is 21.4. The number of anilines is 4. The zero-order chi connectivity index (χ0) is 31.6. The second-order valence-corrected chi connectivity index (χ2v) is 15.8. The fourth-order valence-corrected chi connectivity index (χ4v) is 11.2. The van der Waals surface area contributed by atoms with Gasteiger partial charge in [0.2, 0.25) is 0 Å². The molecular formula is C42H47BN2. The number of rotatable bonds is 0. The standard InChI is InChI=1S/C42H47BN2/c1-21-24(4)31-20-30-16-12-13-17-32(30)44-38-29(9)23(3)25(5)33-34-26(6)22(2)27(7)35-40(34)45(42(11)19-15-14-18-41(35,42)10)43(37(33)38)36(28(21)8)39(31)44/h12-13,16-17H,14-15,18-20H2,1-11H3. The third-order valence-corrected chi connectivity index (χ3v) is 14.5. The van der Waals surface area contributed by atoms with Crippen LogP contribution < -0.4 is 20.6 Å². The smallest absolute Gasteiger partial charge is 0.329 e. The Kier molecular flexibility index (Phi) is 5.23. The van der Waals surface area contributed by atoms with Gasteiger partial charge in [0.1, 0.15) is 0 Å². The van der Waals surface area contributed by atoms with Gasteiger partial charge in [-0.15, -0.1) is 0 Å². The highest BCUT2D eigenvalue weighted by molar-refractivity contribution is 6.93. The summed E-state index contributed by atoms with van der Waals surface area (Å²) in [5.41, 5.74) is 30.3. The Morgan fingerprint density at radius 1 is 0.600 bits per heavy atom. The maximum atomic E-state index is 3.05. The number of para-hydroxylation sites is 1. The summed E-state index contributed by atoms with van der Waals surface area (Å²) in [6.45, 7) is 27.2. The van der Waals surface area contributed by atoms with Gasteiger partial charge in [0.05, 0.1) is 0 Å². The molecule has 5 aliphatic rings. The molecular weight excluding hydrogens is 543 g/mol. The third kappa shape index (κ3) is 2.84. The van der Waals surface area contributed by atoms with Crippen molar-refractivity contribution < 1.29 is 0 Å². The van der Waals surface area contributed by atoms with Crippen molar-refractivity contribution in [1.29, 1.82) is 0 Å². The summed E-state index contributed by atoms with van der Waals surface area (Å²) >= 11 is 0. The lowest BCUT2D eigenvalue weighted by atomic mass is 9.40. The van der Waals surface area contributed by atoms with E-state index in [1.807, 2.05) is 0 Å². The third-order valence-electron chi connectivity index (χ3n) is 14.5. The van der Waals surface area contributed by atoms with Crippen LogP contribution in [0.25, 0.3) is 11.1 Å². The highest BCUT2D eigenvalue weighted by Crippen LogP contribution is 2.65. The second-order valence-electron chi connectivity index (χ2n) is 15.8. The van der Waals surface area contributed by atoms with Crippen LogP contribution in [0.15, 0.2) is 24.3 Å². The molecule has 0 radical (unpaired) electrons. The first-order valence-electron chi connectivity index (χ1n) is 17.4. The predicted molar refractivity (Wildman–Crippen MR) is 194 cm³/mol. The summed E-state index contributed by atoms with van der Waals surface area (Å²) in [7, 11) is 0. The fourth-order valence-electron chi connectivity index (χ4n) is 11.2. The van der Waals surface area contributed by atoms with E-state index >= 15 is 0 Å². The Morgan fingerprint density at radius 2 is 1.24 bits per heavy atom. The summed E-state index contributed by atoms with van der Waals surface area (Å²) in [5, 5.41) is 0. The zero-order valence-electron chi connectivity index (χ0n) is 29.3. The van der Waals surface area contributed by atoms with Gasteiger partial charge >= 0.3 is 6.85 Å². The molecule has 2 unspecified atom stereocenters. The Hall–Kier alpha value is -3.46. The van der Waals surface area contributed by atoms with Crippen molar-refractivity contribution in [2.24, 2.45) is 0 Å². The van der Waals surface area contributed by atoms with E-state index in [9.17, 15) is 0 Å². The average Bonchev–Trinajstić information content (AvgIpc) is 3.25. The Balaban J connectivity index is 1.55. The first-order valence-corrected chi connectivity index (χ1v) is 17.4. The van der Waals surface area contributed by atoms with Crippen LogP contribution >= 0.6 is 0 Å². The SMILES string of the molecule is Cc1c(C)c2c3c(c1C)B1c4c(c(C)c(C)c(C)c4N3c3ccccc3C2)-c2c(C)c(C)c(C)c3c2N1C1(C)CCCCC31C. The summed E-state index contributed by atoms with van der Waals surface area (Å²) in [6, 6.07) is 9.24. The highest BCUT2D eigenvalue weighted by Gasteiger charge is 2.64. The fraction of sp³-hybridized carbons (Fsp3) is 0.429. The van der Waals surface area contributed by atoms with Gasteiger partial charge in [0.25, 0.3) is 0 Å². The monoisotopic (exact) mass is 590 g/mol. The van der Waals surface area contributed by atoms with Crippen LogP contribution in [0.1, 0.15) is 106 Å². The molecule has 2 nitrogen and oxygen atoms in total. The maximum Gasteiger partial charge on any atom is 0.329 e. The maximum absolute atomic E-state index is 3.05. The minimum absolute atomic E-state index is 0.0481. The minimum atomic E-state index is 0.0481. The zero-order valence-corrected chi connectivity index (χ0v) is 29.3. The summed E-state index contributed by atoms with van der Waals surface area (Å²) in [6.07, 6.45) is 6.16. The quantitative estimate of drug-likeness (QED) is 0.166. The van der Waals surface area contributed by atoms with Crippen LogP contribution in [-0.4, -0.2) is 12.4 Å². The van der Waals surface area contributed by atoms with Crippen LogP contribution in [0.2, 0.25) is 0 Å². The van der Waals surface area contributed by atoms with Crippen LogP contribution in [-0.2, 0) is 11.8 Å². The molecule has 228 valence electrons. The van der Waals surface area contributed by atoms with Gasteiger partial charge in [-0.2, -0.15) is 0 Å². The van der Waals surface area contributed by atoms with E-state index in [1.165, 1.54) is 110 Å². The van der Waals surface area contributed by atoms with E-state index in [0.717, 1.165) is 6.42 Å². The van der Waals surface area contributed by atoms with Crippen LogP contribution in [0, 0.1) is 62.3 Å². The van der Waals surface area contributed by atoms with Crippen LogP contribution in [0.4, 0.5) is 22.7 Å². The number of nitrogens with zero attached hydrogens (tertiary/aromatic N) is 2. The molecule has 1 fully saturated rings. The minimum Gasteiger partial charge on any atom is -0.400 e. The molecule has 4 aromatic rings. The Bertz CT molecular complexity index is 2080. The lowest BCUT2D eigenvalue weighted by molar-refractivity contribution is 0.198. The molecule has 0 amide bonds. The molecule has 4 heterocycles. The van der Waals surface area contributed by atoms with Crippen molar-refractivity contribution in [3.63, 3.8) is 0 Å². The van der Waals surface area contributed by atoms with Gasteiger partial charge < -0.3 is 9.71 Å². The molecule has 1 saturated carbocycles. The molecule has 4 aromatic carbocycles. The molecule has 4 aliphatic heterocycles. The van der Waals surface area contributed by atoms with E-state index in [0.29, 0.717) is 0 Å². The van der Waals surface area contributed by atoms with Crippen molar-refractivity contribution in [1.82, 2.24) is 0 Å². The topological polar surface area (TPSA) is 6.48 Å². The number of hydrogen-bond donors (Lipinski definition) is 0. The summed E-state index contributed by atoms with van der Waals surface area (Å²) in [5.74, 6) is 0. The highest BCUT2D eigenvalue weighted by atomic mass is 15.2. The van der Waals surface area contributed by atoms with E-state index in [1.54, 1.807) is 27.7 Å². The molecule has 0 bridgehead atoms. The number of benzene rings is 4. The van der Waals surface area contributed by atoms with Crippen molar-refractivity contribution in [2.45, 2.75) is 119 Å². The van der Waals surface area contributed by atoms with Crippen molar-refractivity contribution >= 4 is 40.5 Å². The Labute approximate surface area is 271 Å². The van der Waals surface area contributed by atoms with E-state index in [-0.39, 0.29) is 17.8 Å². The van der Waals surface area contributed by atoms with Crippen LogP contribution in [0.5, 0.6) is 0 Å². The van der Waals surface area contributed by atoms with Crippen molar-refractivity contribution in [3.05, 3.63) is 91.0 Å². The first kappa shape index (κ1) is 27.8. The molecule has 0 saturated heterocycles. The van der Waals surface area contributed by atoms with Gasteiger partial charge in [-0.25, -0.2) is 0 Å². The predicted octanol–water partition coefficient (Wildman–Crippen LogP) is 9.35. The van der Waals surface area contributed by atoms with Gasteiger partial charge in [0, 0.05) is 45.7 Å². The van der Waals surface area contributed by atoms with Gasteiger partial charge in [-0.05, 0) is 171 Å². The molecule has 1 aliphatic carbocycles. The van der Waals surface area contributed by atoms with E-state index in [2.05, 4.69) is 110 Å². The van der Waals surface area contributed by atoms with E-state index in [4.69, 9.17) is 0 Å². The van der Waals surface area contributed by atoms with Crippen LogP contribution in [0.3, 0.4) is 0 Å². The molecule has 0 aromatic heterocycles. The normalized spacial score (nSPS) is 23.0. The molecule has 0 spiro atoms. The van der Waals surface area contributed by atoms with E-state index < -0.39 is 0 Å². The van der Waals surface area contributed by atoms with Crippen molar-refractivity contribution in [2.75, 3.05) is 9.71 Å². The largest absolute Gasteiger partial charge is 0.400 e. The Morgan fingerprint density at radius 3 is 2.00 bits per heavy atom. The molecule has 9 rings (SSSR count).